The van der Waals surface area contributed by atoms with Crippen LogP contribution in [0.3, 0.4) is 0 Å². The molecule has 5 rings (SSSR count). The number of methoxy groups -OCH3 is 2. The first-order chi connectivity index (χ1) is 18.0. The van der Waals surface area contributed by atoms with Crippen molar-refractivity contribution in [1.82, 2.24) is 5.01 Å². The fourth-order valence-corrected chi connectivity index (χ4v) is 5.09. The molecule has 3 aromatic carbocycles. The molecule has 1 aliphatic heterocycles. The van der Waals surface area contributed by atoms with E-state index in [0.29, 0.717) is 0 Å². The molecule has 188 valence electrons. The Balaban J connectivity index is 1.56. The lowest BCUT2D eigenvalue weighted by Gasteiger charge is -2.29. The van der Waals surface area contributed by atoms with Crippen LogP contribution in [0.5, 0.6) is 11.5 Å². The Hall–Kier alpha value is -4.46. The van der Waals surface area contributed by atoms with Crippen molar-refractivity contribution in [1.29, 1.82) is 0 Å². The Labute approximate surface area is 215 Å². The van der Waals surface area contributed by atoms with Gasteiger partial charge in [0, 0.05) is 23.6 Å². The third kappa shape index (κ3) is 4.82. The Morgan fingerprint density at radius 3 is 2.35 bits per heavy atom. The minimum atomic E-state index is -0.497. The predicted octanol–water partition coefficient (Wildman–Crippen LogP) is 6.05. The number of carbonyl (C=O) groups is 1. The highest BCUT2D eigenvalue weighted by molar-refractivity contribution is 6.09. The Kier molecular flexibility index (Phi) is 6.72. The van der Waals surface area contributed by atoms with E-state index >= 15 is 0 Å². The van der Waals surface area contributed by atoms with Crippen molar-refractivity contribution in [2.75, 3.05) is 14.2 Å². The molecule has 37 heavy (non-hydrogen) atoms. The summed E-state index contributed by atoms with van der Waals surface area (Å²) in [7, 11) is 3.25. The van der Waals surface area contributed by atoms with E-state index in [1.165, 1.54) is 23.2 Å². The first-order valence-corrected chi connectivity index (χ1v) is 12.1. The quantitative estimate of drug-likeness (QED) is 0.305. The van der Waals surface area contributed by atoms with Crippen LogP contribution in [0.2, 0.25) is 0 Å². The Morgan fingerprint density at radius 2 is 1.70 bits per heavy atom. The number of fused-ring (bicyclic) bond motifs is 1. The van der Waals surface area contributed by atoms with Gasteiger partial charge >= 0.3 is 0 Å². The summed E-state index contributed by atoms with van der Waals surface area (Å²) in [5.41, 5.74) is 4.06. The summed E-state index contributed by atoms with van der Waals surface area (Å²) in [5.74, 6) is 1.16. The van der Waals surface area contributed by atoms with E-state index < -0.39 is 4.92 Å². The van der Waals surface area contributed by atoms with Gasteiger partial charge in [0.05, 0.1) is 30.9 Å². The van der Waals surface area contributed by atoms with E-state index in [9.17, 15) is 14.9 Å². The van der Waals surface area contributed by atoms with Crippen LogP contribution in [0.1, 0.15) is 46.8 Å². The van der Waals surface area contributed by atoms with Crippen LogP contribution < -0.4 is 9.47 Å². The van der Waals surface area contributed by atoms with Crippen molar-refractivity contribution in [3.8, 4) is 11.5 Å². The molecule has 3 aromatic rings. The van der Waals surface area contributed by atoms with E-state index in [-0.39, 0.29) is 29.1 Å². The number of carbonyl (C=O) groups excluding carboxylic acids is 1. The second kappa shape index (κ2) is 10.3. The molecule has 8 heteroatoms. The fraction of sp³-hybridized carbons (Fsp3) is 0.241. The zero-order chi connectivity index (χ0) is 25.9. The Morgan fingerprint density at radius 1 is 1.03 bits per heavy atom. The minimum absolute atomic E-state index is 0.00860. The molecule has 1 aliphatic carbocycles. The summed E-state index contributed by atoms with van der Waals surface area (Å²) in [6.07, 6.45) is 4.83. The van der Waals surface area contributed by atoms with E-state index in [0.717, 1.165) is 53.2 Å². The molecule has 0 N–H and O–H groups in total. The molecule has 0 spiro atoms. The third-order valence-electron chi connectivity index (χ3n) is 6.93. The lowest BCUT2D eigenvalue weighted by atomic mass is 9.77. The Bertz CT molecular complexity index is 1380. The maximum absolute atomic E-state index is 13.7. The van der Waals surface area contributed by atoms with Crippen LogP contribution in [0.25, 0.3) is 6.08 Å². The highest BCUT2D eigenvalue weighted by Crippen LogP contribution is 2.45. The summed E-state index contributed by atoms with van der Waals surface area (Å²) in [4.78, 5) is 24.6. The van der Waals surface area contributed by atoms with Gasteiger partial charge < -0.3 is 9.47 Å². The fourth-order valence-electron chi connectivity index (χ4n) is 5.09. The smallest absolute Gasteiger partial charge is 0.274 e. The molecular formula is C29H27N3O5. The third-order valence-corrected chi connectivity index (χ3v) is 6.93. The van der Waals surface area contributed by atoms with Crippen LogP contribution in [-0.2, 0) is 0 Å². The molecule has 1 fully saturated rings. The van der Waals surface area contributed by atoms with Crippen molar-refractivity contribution in [2.45, 2.75) is 25.3 Å². The summed E-state index contributed by atoms with van der Waals surface area (Å²) in [6, 6.07) is 21.0. The lowest BCUT2D eigenvalue weighted by molar-refractivity contribution is -0.384. The first-order valence-electron chi connectivity index (χ1n) is 12.1. The van der Waals surface area contributed by atoms with Crippen LogP contribution in [0, 0.1) is 16.0 Å². The largest absolute Gasteiger partial charge is 0.497 e. The van der Waals surface area contributed by atoms with Gasteiger partial charge in [-0.3, -0.25) is 14.9 Å². The van der Waals surface area contributed by atoms with Crippen molar-refractivity contribution < 1.29 is 19.2 Å². The van der Waals surface area contributed by atoms with Crippen LogP contribution in [0.4, 0.5) is 5.69 Å². The molecule has 1 saturated carbocycles. The highest BCUT2D eigenvalue weighted by atomic mass is 16.6. The number of amides is 1. The molecule has 2 atom stereocenters. The number of hydrazone groups is 1. The molecule has 1 heterocycles. The van der Waals surface area contributed by atoms with Crippen molar-refractivity contribution in [2.24, 2.45) is 11.0 Å². The molecule has 8 nitrogen and oxygen atoms in total. The number of nitro groups is 1. The zero-order valence-electron chi connectivity index (χ0n) is 20.7. The van der Waals surface area contributed by atoms with Gasteiger partial charge in [0.1, 0.15) is 11.5 Å². The number of ether oxygens (including phenoxy) is 2. The lowest BCUT2D eigenvalue weighted by Crippen LogP contribution is -2.32. The van der Waals surface area contributed by atoms with Gasteiger partial charge in [-0.05, 0) is 72.4 Å². The molecule has 0 radical (unpaired) electrons. The second-order valence-electron chi connectivity index (χ2n) is 9.10. The van der Waals surface area contributed by atoms with Crippen molar-refractivity contribution in [3.63, 3.8) is 0 Å². The monoisotopic (exact) mass is 497 g/mol. The van der Waals surface area contributed by atoms with Gasteiger partial charge in [0.2, 0.25) is 0 Å². The summed E-state index contributed by atoms with van der Waals surface area (Å²) < 4.78 is 10.6. The highest BCUT2D eigenvalue weighted by Gasteiger charge is 2.44. The van der Waals surface area contributed by atoms with Crippen LogP contribution in [-0.4, -0.2) is 35.8 Å². The average molecular weight is 498 g/mol. The molecule has 0 aromatic heterocycles. The summed E-state index contributed by atoms with van der Waals surface area (Å²) in [6.45, 7) is 0. The maximum atomic E-state index is 13.7. The normalized spacial score (nSPS) is 19.8. The van der Waals surface area contributed by atoms with Crippen molar-refractivity contribution in [3.05, 3.63) is 105 Å². The summed E-state index contributed by atoms with van der Waals surface area (Å²) in [5, 5.41) is 17.7. The second-order valence-corrected chi connectivity index (χ2v) is 9.10. The van der Waals surface area contributed by atoms with Crippen LogP contribution in [0.15, 0.2) is 83.5 Å². The van der Waals surface area contributed by atoms with Gasteiger partial charge in [-0.1, -0.05) is 30.3 Å². The minimum Gasteiger partial charge on any atom is -0.497 e. The number of rotatable bonds is 6. The van der Waals surface area contributed by atoms with Crippen LogP contribution >= 0.6 is 0 Å². The van der Waals surface area contributed by atoms with Gasteiger partial charge in [-0.15, -0.1) is 0 Å². The van der Waals surface area contributed by atoms with Gasteiger partial charge in [0.15, 0.2) is 0 Å². The summed E-state index contributed by atoms with van der Waals surface area (Å²) >= 11 is 0. The molecule has 2 unspecified atom stereocenters. The van der Waals surface area contributed by atoms with Gasteiger partial charge in [-0.2, -0.15) is 5.10 Å². The molecule has 0 saturated heterocycles. The molecular weight excluding hydrogens is 470 g/mol. The first kappa shape index (κ1) is 24.2. The van der Waals surface area contributed by atoms with E-state index in [2.05, 4.69) is 6.08 Å². The maximum Gasteiger partial charge on any atom is 0.274 e. The molecule has 1 amide bonds. The van der Waals surface area contributed by atoms with Gasteiger partial charge in [0.25, 0.3) is 11.6 Å². The van der Waals surface area contributed by atoms with Gasteiger partial charge in [-0.25, -0.2) is 5.01 Å². The average Bonchev–Trinajstić information content (AvgIpc) is 3.34. The number of hydrogen-bond acceptors (Lipinski definition) is 6. The van der Waals surface area contributed by atoms with Crippen molar-refractivity contribution >= 4 is 23.4 Å². The SMILES string of the molecule is COc1ccc(/C=C2/CCCC3C2=NN(C(=O)c2cccc([N+](=O)[O-])c2)C3c2ccc(OC)cc2)cc1. The number of benzene rings is 3. The van der Waals surface area contributed by atoms with E-state index in [1.54, 1.807) is 20.3 Å². The number of non-ortho nitro benzene ring substituents is 1. The van der Waals surface area contributed by atoms with E-state index in [1.807, 2.05) is 48.5 Å². The number of allylic oxidation sites excluding steroid dienone is 1. The molecule has 0 bridgehead atoms. The topological polar surface area (TPSA) is 94.3 Å². The number of nitro benzene ring substituents is 1. The number of nitrogens with zero attached hydrogens (tertiary/aromatic N) is 3. The zero-order valence-corrected chi connectivity index (χ0v) is 20.7. The van der Waals surface area contributed by atoms with E-state index in [4.69, 9.17) is 14.6 Å². The predicted molar refractivity (Wildman–Crippen MR) is 141 cm³/mol. The number of hydrogen-bond donors (Lipinski definition) is 0. The molecule has 2 aliphatic rings. The standard InChI is InChI=1S/C29H27N3O5/c1-36-24-13-9-19(10-14-24)17-21-5-4-8-26-27(21)30-31(28(26)20-11-15-25(37-2)16-12-20)29(33)22-6-3-7-23(18-22)32(34)35/h3,6-7,9-18,26,28H,4-5,8H2,1-2H3/b21-17-.